The number of alkyl halides is 4. The zero-order valence-corrected chi connectivity index (χ0v) is 21.3. The first-order valence-electron chi connectivity index (χ1n) is 12.6. The minimum atomic E-state index is -4.75. The Kier molecular flexibility index (Phi) is 11.0. The van der Waals surface area contributed by atoms with Crippen molar-refractivity contribution < 1.29 is 32.2 Å². The van der Waals surface area contributed by atoms with Crippen molar-refractivity contribution in [1.82, 2.24) is 19.9 Å². The van der Waals surface area contributed by atoms with Gasteiger partial charge < -0.3 is 25.4 Å². The number of nitrogens with one attached hydrogen (secondary N) is 2. The fraction of sp³-hybridized carbons (Fsp3) is 0.600. The number of carbonyl (C=O) groups is 1. The molecule has 38 heavy (non-hydrogen) atoms. The molecule has 3 N–H and O–H groups in total. The quantitative estimate of drug-likeness (QED) is 0.228. The van der Waals surface area contributed by atoms with Crippen molar-refractivity contribution in [3.05, 3.63) is 41.5 Å². The second kappa shape index (κ2) is 14.2. The molecule has 0 saturated carbocycles. The van der Waals surface area contributed by atoms with Crippen LogP contribution in [0.25, 0.3) is 0 Å². The van der Waals surface area contributed by atoms with Crippen molar-refractivity contribution in [3.8, 4) is 0 Å². The third kappa shape index (κ3) is 9.35. The predicted octanol–water partition coefficient (Wildman–Crippen LogP) is 3.81. The van der Waals surface area contributed by atoms with Crippen molar-refractivity contribution in [2.75, 3.05) is 50.5 Å². The highest BCUT2D eigenvalue weighted by molar-refractivity contribution is 5.76. The van der Waals surface area contributed by atoms with Crippen LogP contribution >= 0.6 is 0 Å². The van der Waals surface area contributed by atoms with Crippen LogP contribution < -0.4 is 10.6 Å². The maximum absolute atomic E-state index is 14.3. The number of aromatic nitrogens is 3. The maximum atomic E-state index is 14.3. The van der Waals surface area contributed by atoms with E-state index in [1.807, 2.05) is 11.0 Å². The fourth-order valence-electron chi connectivity index (χ4n) is 4.28. The molecule has 0 amide bonds. The van der Waals surface area contributed by atoms with Gasteiger partial charge in [-0.15, -0.1) is 0 Å². The van der Waals surface area contributed by atoms with E-state index in [4.69, 9.17) is 4.74 Å². The summed E-state index contributed by atoms with van der Waals surface area (Å²) in [6, 6.07) is 4.08. The number of hydrogen-bond acceptors (Lipinski definition) is 8. The Bertz CT molecular complexity index is 1040. The molecule has 13 heteroatoms. The molecule has 0 unspecified atom stereocenters. The van der Waals surface area contributed by atoms with Gasteiger partial charge in [-0.1, -0.05) is 6.07 Å². The molecule has 2 aromatic heterocycles. The number of methoxy groups -OCH3 is 1. The maximum Gasteiger partial charge on any atom is 0.451 e. The van der Waals surface area contributed by atoms with Crippen molar-refractivity contribution in [1.29, 1.82) is 0 Å². The van der Waals surface area contributed by atoms with Crippen molar-refractivity contribution in [3.63, 3.8) is 0 Å². The lowest BCUT2D eigenvalue weighted by Crippen LogP contribution is -2.39. The molecule has 2 atom stereocenters. The number of carboxylic acids is 1. The number of halogens is 4. The van der Waals surface area contributed by atoms with E-state index < -0.39 is 30.2 Å². The Labute approximate surface area is 219 Å². The molecule has 2 aromatic rings. The Hall–Kier alpha value is -3.06. The lowest BCUT2D eigenvalue weighted by molar-refractivity contribution is -0.144. The topological polar surface area (TPSA) is 113 Å². The van der Waals surface area contributed by atoms with Gasteiger partial charge in [-0.2, -0.15) is 13.2 Å². The van der Waals surface area contributed by atoms with Crippen LogP contribution in [-0.4, -0.2) is 83.0 Å². The van der Waals surface area contributed by atoms with E-state index in [1.165, 1.54) is 18.7 Å². The summed E-state index contributed by atoms with van der Waals surface area (Å²) in [6.07, 6.45) is -0.667. The molecular formula is C25H34F4N6O3. The molecule has 0 bridgehead atoms. The summed E-state index contributed by atoms with van der Waals surface area (Å²) in [5, 5.41) is 15.5. The molecule has 210 valence electrons. The number of anilines is 2. The molecule has 0 spiro atoms. The Morgan fingerprint density at radius 3 is 2.79 bits per heavy atom. The summed E-state index contributed by atoms with van der Waals surface area (Å²) in [7, 11) is 1.40. The summed E-state index contributed by atoms with van der Waals surface area (Å²) in [5.74, 6) is -1.93. The average molecular weight is 543 g/mol. The van der Waals surface area contributed by atoms with E-state index in [0.29, 0.717) is 6.54 Å². The van der Waals surface area contributed by atoms with E-state index in [-0.39, 0.29) is 31.9 Å². The lowest BCUT2D eigenvalue weighted by atomic mass is 10.1. The third-order valence-electron chi connectivity index (χ3n) is 6.18. The van der Waals surface area contributed by atoms with Gasteiger partial charge >= 0.3 is 12.1 Å². The normalized spacial score (nSPS) is 15.0. The highest BCUT2D eigenvalue weighted by atomic mass is 19.4. The first-order valence-corrected chi connectivity index (χ1v) is 12.6. The van der Waals surface area contributed by atoms with Crippen LogP contribution in [0, 0.1) is 0 Å². The van der Waals surface area contributed by atoms with Gasteiger partial charge in [-0.3, -0.25) is 0 Å². The molecule has 1 aliphatic rings. The van der Waals surface area contributed by atoms with Crippen LogP contribution in [0.2, 0.25) is 0 Å². The number of rotatable bonds is 15. The average Bonchev–Trinajstić information content (AvgIpc) is 2.88. The number of nitrogens with zero attached hydrogens (tertiary/aromatic N) is 4. The molecule has 0 radical (unpaired) electrons. The summed E-state index contributed by atoms with van der Waals surface area (Å²) in [4.78, 5) is 24.8. The van der Waals surface area contributed by atoms with Gasteiger partial charge in [-0.25, -0.2) is 24.1 Å². The summed E-state index contributed by atoms with van der Waals surface area (Å²) in [6.45, 7) is 1.60. The molecule has 0 aromatic carbocycles. The SMILES string of the molecule is COC[C@@H](F)CN(CCCCc1ccc2c(n1)NCCC2)CC[C@H](Nc1ccnc(C(F)(F)F)n1)C(=O)O. The molecule has 1 aliphatic heterocycles. The second-order valence-electron chi connectivity index (χ2n) is 9.24. The third-order valence-corrected chi connectivity index (χ3v) is 6.18. The minimum absolute atomic E-state index is 0.0262. The van der Waals surface area contributed by atoms with Crippen LogP contribution in [0.4, 0.5) is 29.2 Å². The largest absolute Gasteiger partial charge is 0.480 e. The number of aryl methyl sites for hydroxylation is 2. The van der Waals surface area contributed by atoms with Gasteiger partial charge in [0.1, 0.15) is 23.8 Å². The summed E-state index contributed by atoms with van der Waals surface area (Å²) >= 11 is 0. The highest BCUT2D eigenvalue weighted by Gasteiger charge is 2.35. The number of aliphatic carboxylic acids is 1. The number of hydrogen-bond donors (Lipinski definition) is 3. The molecule has 3 heterocycles. The number of fused-ring (bicyclic) bond motifs is 1. The monoisotopic (exact) mass is 542 g/mol. The van der Waals surface area contributed by atoms with Crippen molar-refractivity contribution >= 4 is 17.6 Å². The first-order chi connectivity index (χ1) is 18.2. The van der Waals surface area contributed by atoms with Crippen LogP contribution in [0.3, 0.4) is 0 Å². The zero-order chi connectivity index (χ0) is 27.5. The number of carboxylic acid groups (broad SMARTS) is 1. The molecular weight excluding hydrogens is 508 g/mol. The second-order valence-corrected chi connectivity index (χ2v) is 9.24. The fourth-order valence-corrected chi connectivity index (χ4v) is 4.28. The van der Waals surface area contributed by atoms with E-state index in [2.05, 4.69) is 31.7 Å². The first kappa shape index (κ1) is 29.5. The Morgan fingerprint density at radius 1 is 1.24 bits per heavy atom. The van der Waals surface area contributed by atoms with Crippen LogP contribution in [0.15, 0.2) is 24.4 Å². The molecule has 0 fully saturated rings. The van der Waals surface area contributed by atoms with Gasteiger partial charge in [-0.05, 0) is 62.8 Å². The van der Waals surface area contributed by atoms with E-state index in [0.717, 1.165) is 56.4 Å². The molecule has 0 aliphatic carbocycles. The van der Waals surface area contributed by atoms with Crippen LogP contribution in [0.1, 0.15) is 42.8 Å². The Balaban J connectivity index is 1.55. The Morgan fingerprint density at radius 2 is 2.05 bits per heavy atom. The lowest BCUT2D eigenvalue weighted by Gasteiger charge is -2.26. The van der Waals surface area contributed by atoms with E-state index in [1.54, 1.807) is 0 Å². The van der Waals surface area contributed by atoms with Crippen LogP contribution in [0.5, 0.6) is 0 Å². The molecule has 0 saturated heterocycles. The smallest absolute Gasteiger partial charge is 0.451 e. The number of unbranched alkanes of at least 4 members (excludes halogenated alkanes) is 1. The number of ether oxygens (including phenoxy) is 1. The minimum Gasteiger partial charge on any atom is -0.480 e. The van der Waals surface area contributed by atoms with Gasteiger partial charge in [0.15, 0.2) is 0 Å². The van der Waals surface area contributed by atoms with E-state index >= 15 is 0 Å². The standard InChI is InChI=1S/C25H34F4N6O3/c1-38-16-18(26)15-35(13-3-2-6-19-8-7-17-5-4-11-30-22(17)32-19)14-10-20(23(36)37)33-21-9-12-31-24(34-21)25(27,28)29/h7-9,12,18,20H,2-6,10-11,13-16H2,1H3,(H,30,32)(H,36,37)(H,31,33,34)/t18-,20-/m0/s1. The summed E-state index contributed by atoms with van der Waals surface area (Å²) in [5.41, 5.74) is 2.20. The zero-order valence-electron chi connectivity index (χ0n) is 21.3. The van der Waals surface area contributed by atoms with Crippen LogP contribution in [-0.2, 0) is 28.5 Å². The van der Waals surface area contributed by atoms with Gasteiger partial charge in [0.25, 0.3) is 0 Å². The summed E-state index contributed by atoms with van der Waals surface area (Å²) < 4.78 is 57.9. The predicted molar refractivity (Wildman–Crippen MR) is 134 cm³/mol. The van der Waals surface area contributed by atoms with Gasteiger partial charge in [0.2, 0.25) is 5.82 Å². The molecule has 3 rings (SSSR count). The number of pyridine rings is 1. The van der Waals surface area contributed by atoms with Gasteiger partial charge in [0.05, 0.1) is 6.61 Å². The van der Waals surface area contributed by atoms with Crippen molar-refractivity contribution in [2.45, 2.75) is 56.9 Å². The highest BCUT2D eigenvalue weighted by Crippen LogP contribution is 2.26. The van der Waals surface area contributed by atoms with Gasteiger partial charge in [0, 0.05) is 38.6 Å². The van der Waals surface area contributed by atoms with E-state index in [9.17, 15) is 27.5 Å². The molecule has 9 nitrogen and oxygen atoms in total. The van der Waals surface area contributed by atoms with Crippen molar-refractivity contribution in [2.24, 2.45) is 0 Å².